The Morgan fingerprint density at radius 3 is 2.45 bits per heavy atom. The molecule has 1 aliphatic carbocycles. The van der Waals surface area contributed by atoms with Crippen LogP contribution in [0.1, 0.15) is 35.4 Å². The van der Waals surface area contributed by atoms with Gasteiger partial charge in [0.1, 0.15) is 16.8 Å². The minimum atomic E-state index is -0.504. The fourth-order valence-corrected chi connectivity index (χ4v) is 4.58. The van der Waals surface area contributed by atoms with Gasteiger partial charge in [0.25, 0.3) is 0 Å². The summed E-state index contributed by atoms with van der Waals surface area (Å²) in [5, 5.41) is 7.90. The number of para-hydroxylation sites is 1. The van der Waals surface area contributed by atoms with Gasteiger partial charge in [0.05, 0.1) is 12.8 Å². The fraction of sp³-hybridized carbons (Fsp3) is 0.192. The van der Waals surface area contributed by atoms with Crippen molar-refractivity contribution < 1.29 is 9.53 Å². The lowest BCUT2D eigenvalue weighted by molar-refractivity contribution is -0.115. The predicted molar refractivity (Wildman–Crippen MR) is 130 cm³/mol. The number of benzene rings is 3. The summed E-state index contributed by atoms with van der Waals surface area (Å²) in [4.78, 5) is 18.2. The largest absolute Gasteiger partial charge is 0.497 e. The van der Waals surface area contributed by atoms with Crippen molar-refractivity contribution in [3.63, 3.8) is 0 Å². The minimum Gasteiger partial charge on any atom is -0.497 e. The molecule has 1 amide bonds. The summed E-state index contributed by atoms with van der Waals surface area (Å²) in [5.74, 6) is 1.94. The first kappa shape index (κ1) is 21.3. The van der Waals surface area contributed by atoms with Crippen LogP contribution in [-0.4, -0.2) is 27.8 Å². The number of nitrogens with one attached hydrogen (secondary N) is 1. The van der Waals surface area contributed by atoms with Crippen molar-refractivity contribution in [2.24, 2.45) is 0 Å². The first-order chi connectivity index (χ1) is 16.2. The molecular weight excluding hydrogens is 432 g/mol. The topological polar surface area (TPSA) is 69.0 Å². The second-order valence-electron chi connectivity index (χ2n) is 7.90. The van der Waals surface area contributed by atoms with Crippen LogP contribution in [0.2, 0.25) is 0 Å². The second-order valence-corrected chi connectivity index (χ2v) is 8.98. The monoisotopic (exact) mass is 456 g/mol. The molecule has 0 unspecified atom stereocenters. The number of thioether (sulfide) groups is 1. The molecule has 166 valence electrons. The van der Waals surface area contributed by atoms with Crippen LogP contribution in [0, 0.1) is 0 Å². The SMILES string of the molecule is COc1cccc(NC(=O)[C@@H](Sc2nc(C3CC3)n(-c3ccccc3)n2)c2ccccc2)c1. The van der Waals surface area contributed by atoms with Crippen LogP contribution in [0.25, 0.3) is 5.69 Å². The predicted octanol–water partition coefficient (Wildman–Crippen LogP) is 5.63. The zero-order valence-corrected chi connectivity index (χ0v) is 19.0. The van der Waals surface area contributed by atoms with Gasteiger partial charge in [-0.05, 0) is 42.7 Å². The third-order valence-corrected chi connectivity index (χ3v) is 6.56. The van der Waals surface area contributed by atoms with Gasteiger partial charge in [-0.15, -0.1) is 5.10 Å². The Hall–Kier alpha value is -3.58. The smallest absolute Gasteiger partial charge is 0.242 e. The van der Waals surface area contributed by atoms with E-state index in [1.165, 1.54) is 11.8 Å². The van der Waals surface area contributed by atoms with Gasteiger partial charge in [-0.25, -0.2) is 9.67 Å². The summed E-state index contributed by atoms with van der Waals surface area (Å²) in [7, 11) is 1.61. The average Bonchev–Trinajstić information content (AvgIpc) is 3.63. The van der Waals surface area contributed by atoms with Crippen LogP contribution in [0.3, 0.4) is 0 Å². The summed E-state index contributed by atoms with van der Waals surface area (Å²) < 4.78 is 7.20. The number of anilines is 1. The van der Waals surface area contributed by atoms with E-state index in [2.05, 4.69) is 5.32 Å². The molecule has 1 N–H and O–H groups in total. The highest BCUT2D eigenvalue weighted by molar-refractivity contribution is 8.00. The average molecular weight is 457 g/mol. The van der Waals surface area contributed by atoms with Crippen molar-refractivity contribution in [2.75, 3.05) is 12.4 Å². The normalized spacial score (nSPS) is 14.0. The summed E-state index contributed by atoms with van der Waals surface area (Å²) in [6, 6.07) is 27.1. The molecular formula is C26H24N4O2S. The van der Waals surface area contributed by atoms with Crippen LogP contribution >= 0.6 is 11.8 Å². The van der Waals surface area contributed by atoms with Crippen molar-refractivity contribution in [1.29, 1.82) is 0 Å². The van der Waals surface area contributed by atoms with E-state index in [-0.39, 0.29) is 5.91 Å². The molecule has 7 heteroatoms. The van der Waals surface area contributed by atoms with Gasteiger partial charge >= 0.3 is 0 Å². The lowest BCUT2D eigenvalue weighted by Crippen LogP contribution is -2.19. The van der Waals surface area contributed by atoms with Gasteiger partial charge in [0.2, 0.25) is 11.1 Å². The highest BCUT2D eigenvalue weighted by Gasteiger charge is 2.32. The maximum absolute atomic E-state index is 13.4. The van der Waals surface area contributed by atoms with Gasteiger partial charge in [0, 0.05) is 17.7 Å². The van der Waals surface area contributed by atoms with Crippen molar-refractivity contribution in [1.82, 2.24) is 14.8 Å². The van der Waals surface area contributed by atoms with Gasteiger partial charge in [-0.1, -0.05) is 66.4 Å². The highest BCUT2D eigenvalue weighted by atomic mass is 32.2. The lowest BCUT2D eigenvalue weighted by atomic mass is 10.1. The first-order valence-corrected chi connectivity index (χ1v) is 11.8. The number of ether oxygens (including phenoxy) is 1. The maximum atomic E-state index is 13.4. The molecule has 1 heterocycles. The number of amides is 1. The number of rotatable bonds is 8. The van der Waals surface area contributed by atoms with E-state index in [1.54, 1.807) is 13.2 Å². The van der Waals surface area contributed by atoms with E-state index in [0.29, 0.717) is 22.5 Å². The molecule has 6 nitrogen and oxygen atoms in total. The van der Waals surface area contributed by atoms with Crippen LogP contribution in [0.15, 0.2) is 90.1 Å². The number of hydrogen-bond acceptors (Lipinski definition) is 5. The molecule has 5 rings (SSSR count). The molecule has 3 aromatic carbocycles. The van der Waals surface area contributed by atoms with Crippen LogP contribution < -0.4 is 10.1 Å². The summed E-state index contributed by atoms with van der Waals surface area (Å²) >= 11 is 1.37. The molecule has 4 aromatic rings. The number of nitrogens with zero attached hydrogens (tertiary/aromatic N) is 3. The Morgan fingerprint density at radius 1 is 1.03 bits per heavy atom. The van der Waals surface area contributed by atoms with Gasteiger partial charge < -0.3 is 10.1 Å². The molecule has 33 heavy (non-hydrogen) atoms. The molecule has 0 spiro atoms. The standard InChI is InChI=1S/C26H24N4O2S/c1-32-22-14-8-11-20(17-22)27-25(31)23(18-9-4-2-5-10-18)33-26-28-24(19-15-16-19)30(29-26)21-12-6-3-7-13-21/h2-14,17,19,23H,15-16H2,1H3,(H,27,31)/t23-/m0/s1. The number of hydrogen-bond donors (Lipinski definition) is 1. The van der Waals surface area contributed by atoms with Crippen molar-refractivity contribution in [3.05, 3.63) is 96.3 Å². The second kappa shape index (κ2) is 9.50. The molecule has 1 fully saturated rings. The number of methoxy groups -OCH3 is 1. The summed E-state index contributed by atoms with van der Waals surface area (Å²) in [5.41, 5.74) is 2.56. The molecule has 0 aliphatic heterocycles. The molecule has 0 bridgehead atoms. The first-order valence-electron chi connectivity index (χ1n) is 10.9. The zero-order chi connectivity index (χ0) is 22.6. The van der Waals surface area contributed by atoms with E-state index < -0.39 is 5.25 Å². The summed E-state index contributed by atoms with van der Waals surface area (Å²) in [6.07, 6.45) is 2.24. The molecule has 1 aromatic heterocycles. The Morgan fingerprint density at radius 2 is 1.76 bits per heavy atom. The lowest BCUT2D eigenvalue weighted by Gasteiger charge is -2.16. The van der Waals surface area contributed by atoms with Crippen molar-refractivity contribution in [2.45, 2.75) is 29.2 Å². The van der Waals surface area contributed by atoms with Crippen LogP contribution in [0.4, 0.5) is 5.69 Å². The number of carbonyl (C=O) groups is 1. The molecule has 1 saturated carbocycles. The van der Waals surface area contributed by atoms with E-state index in [0.717, 1.165) is 29.9 Å². The Bertz CT molecular complexity index is 1240. The maximum Gasteiger partial charge on any atom is 0.242 e. The highest BCUT2D eigenvalue weighted by Crippen LogP contribution is 2.42. The van der Waals surface area contributed by atoms with E-state index in [4.69, 9.17) is 14.8 Å². The molecule has 1 aliphatic rings. The van der Waals surface area contributed by atoms with Crippen LogP contribution in [-0.2, 0) is 4.79 Å². The fourth-order valence-electron chi connectivity index (χ4n) is 3.63. The van der Waals surface area contributed by atoms with E-state index in [1.807, 2.05) is 83.5 Å². The van der Waals surface area contributed by atoms with Crippen molar-refractivity contribution >= 4 is 23.4 Å². The third kappa shape index (κ3) is 4.93. The van der Waals surface area contributed by atoms with E-state index in [9.17, 15) is 4.79 Å². The summed E-state index contributed by atoms with van der Waals surface area (Å²) in [6.45, 7) is 0. The van der Waals surface area contributed by atoms with Gasteiger partial charge in [-0.3, -0.25) is 4.79 Å². The zero-order valence-electron chi connectivity index (χ0n) is 18.2. The van der Waals surface area contributed by atoms with Crippen molar-refractivity contribution in [3.8, 4) is 11.4 Å². The molecule has 1 atom stereocenters. The van der Waals surface area contributed by atoms with E-state index >= 15 is 0 Å². The van der Waals surface area contributed by atoms with Gasteiger partial charge in [-0.2, -0.15) is 0 Å². The molecule has 0 saturated heterocycles. The quantitative estimate of drug-likeness (QED) is 0.348. The number of carbonyl (C=O) groups excluding carboxylic acids is 1. The number of aromatic nitrogens is 3. The van der Waals surface area contributed by atoms with Gasteiger partial charge in [0.15, 0.2) is 0 Å². The Balaban J connectivity index is 1.45. The molecule has 0 radical (unpaired) electrons. The third-order valence-electron chi connectivity index (χ3n) is 5.46. The minimum absolute atomic E-state index is 0.136. The van der Waals surface area contributed by atoms with Crippen LogP contribution in [0.5, 0.6) is 5.75 Å². The Kier molecular flexibility index (Phi) is 6.13. The Labute approximate surface area is 197 Å².